The van der Waals surface area contributed by atoms with Crippen molar-refractivity contribution in [2.24, 2.45) is 11.3 Å². The molecule has 1 saturated carbocycles. The number of halogens is 3. The minimum atomic E-state index is -0.449. The third-order valence-electron chi connectivity index (χ3n) is 5.30. The fraction of sp³-hybridized carbons (Fsp3) is 0.350. The van der Waals surface area contributed by atoms with E-state index in [1.54, 1.807) is 6.07 Å². The second-order valence-corrected chi connectivity index (χ2v) is 8.40. The van der Waals surface area contributed by atoms with Gasteiger partial charge in [0.25, 0.3) is 0 Å². The summed E-state index contributed by atoms with van der Waals surface area (Å²) in [4.78, 5) is 14.7. The van der Waals surface area contributed by atoms with Crippen molar-refractivity contribution in [2.45, 2.75) is 19.4 Å². The average Bonchev–Trinajstić information content (AvgIpc) is 2.49. The molecule has 1 spiro atoms. The molecule has 1 amide bonds. The van der Waals surface area contributed by atoms with Gasteiger partial charge in [-0.05, 0) is 54.2 Å². The Morgan fingerprint density at radius 1 is 1.12 bits per heavy atom. The van der Waals surface area contributed by atoms with Crippen molar-refractivity contribution in [2.75, 3.05) is 18.4 Å². The van der Waals surface area contributed by atoms with Crippen LogP contribution >= 0.6 is 23.2 Å². The minimum absolute atomic E-state index is 0.00488. The van der Waals surface area contributed by atoms with Crippen LogP contribution < -0.4 is 5.32 Å². The molecule has 2 aromatic rings. The van der Waals surface area contributed by atoms with Crippen LogP contribution in [0.1, 0.15) is 18.4 Å². The number of hydrogen-bond donors (Lipinski definition) is 1. The van der Waals surface area contributed by atoms with E-state index in [2.05, 4.69) is 22.3 Å². The summed E-state index contributed by atoms with van der Waals surface area (Å²) >= 11 is 11.7. The molecule has 0 atom stereocenters. The zero-order valence-corrected chi connectivity index (χ0v) is 15.7. The van der Waals surface area contributed by atoms with Gasteiger partial charge in [-0.25, -0.2) is 4.39 Å². The van der Waals surface area contributed by atoms with Gasteiger partial charge in [0.15, 0.2) is 0 Å². The molecule has 6 heteroatoms. The Morgan fingerprint density at radius 2 is 1.81 bits per heavy atom. The molecule has 2 aromatic carbocycles. The normalized spacial score (nSPS) is 19.0. The summed E-state index contributed by atoms with van der Waals surface area (Å²) in [5.74, 6) is -0.502. The number of amides is 1. The number of carbonyl (C=O) groups excluding carboxylic acids is 1. The highest BCUT2D eigenvalue weighted by molar-refractivity contribution is 6.31. The van der Waals surface area contributed by atoms with Crippen LogP contribution in [0.25, 0.3) is 0 Å². The number of nitrogens with zero attached hydrogens (tertiary/aromatic N) is 1. The van der Waals surface area contributed by atoms with E-state index in [-0.39, 0.29) is 22.3 Å². The number of hydrogen-bond acceptors (Lipinski definition) is 2. The number of nitrogens with one attached hydrogen (secondary N) is 1. The molecule has 0 bridgehead atoms. The maximum absolute atomic E-state index is 13.4. The molecule has 2 aliphatic rings. The first-order chi connectivity index (χ1) is 12.4. The molecular weight excluding hydrogens is 374 g/mol. The van der Waals surface area contributed by atoms with Gasteiger partial charge >= 0.3 is 0 Å². The lowest BCUT2D eigenvalue weighted by Gasteiger charge is -2.58. The molecule has 1 aliphatic carbocycles. The summed E-state index contributed by atoms with van der Waals surface area (Å²) in [6.45, 7) is 2.95. The third kappa shape index (κ3) is 3.73. The van der Waals surface area contributed by atoms with Gasteiger partial charge in [0.05, 0.1) is 0 Å². The summed E-state index contributed by atoms with van der Waals surface area (Å²) in [6, 6.07) is 12.0. The van der Waals surface area contributed by atoms with Gasteiger partial charge in [-0.1, -0.05) is 35.3 Å². The van der Waals surface area contributed by atoms with Crippen LogP contribution in [0.2, 0.25) is 10.0 Å². The van der Waals surface area contributed by atoms with Gasteiger partial charge < -0.3 is 5.32 Å². The van der Waals surface area contributed by atoms with E-state index in [0.29, 0.717) is 5.69 Å². The van der Waals surface area contributed by atoms with Crippen molar-refractivity contribution >= 4 is 34.8 Å². The Labute approximate surface area is 162 Å². The van der Waals surface area contributed by atoms with Crippen molar-refractivity contribution in [3.05, 3.63) is 63.9 Å². The van der Waals surface area contributed by atoms with Gasteiger partial charge in [0.2, 0.25) is 5.91 Å². The Hall–Kier alpha value is -1.62. The number of likely N-dealkylation sites (tertiary alicyclic amines) is 1. The van der Waals surface area contributed by atoms with Crippen LogP contribution in [0.5, 0.6) is 0 Å². The van der Waals surface area contributed by atoms with E-state index in [0.717, 1.165) is 37.5 Å². The lowest BCUT2D eigenvalue weighted by molar-refractivity contribution is -0.140. The smallest absolute Gasteiger partial charge is 0.227 e. The van der Waals surface area contributed by atoms with Gasteiger partial charge in [-0.2, -0.15) is 0 Å². The quantitative estimate of drug-likeness (QED) is 0.795. The zero-order valence-electron chi connectivity index (χ0n) is 14.1. The predicted molar refractivity (Wildman–Crippen MR) is 102 cm³/mol. The first-order valence-corrected chi connectivity index (χ1v) is 9.40. The fourth-order valence-electron chi connectivity index (χ4n) is 4.16. The molecule has 0 unspecified atom stereocenters. The molecule has 4 rings (SSSR count). The summed E-state index contributed by atoms with van der Waals surface area (Å²) in [5.41, 5.74) is 1.94. The molecule has 1 aliphatic heterocycles. The first kappa shape index (κ1) is 17.8. The SMILES string of the molecule is O=C(Nc1cc(F)cc(Cl)c1)C1CC2(C1)CN(Cc1ccc(Cl)cc1)C2. The summed E-state index contributed by atoms with van der Waals surface area (Å²) in [7, 11) is 0. The van der Waals surface area contributed by atoms with Gasteiger partial charge in [0.1, 0.15) is 5.82 Å². The van der Waals surface area contributed by atoms with Crippen LogP contribution in [-0.4, -0.2) is 23.9 Å². The highest BCUT2D eigenvalue weighted by atomic mass is 35.5. The van der Waals surface area contributed by atoms with E-state index in [9.17, 15) is 9.18 Å². The Morgan fingerprint density at radius 3 is 2.46 bits per heavy atom. The van der Waals surface area contributed by atoms with Crippen LogP contribution in [0.15, 0.2) is 42.5 Å². The van der Waals surface area contributed by atoms with E-state index >= 15 is 0 Å². The second kappa shape index (κ2) is 6.84. The van der Waals surface area contributed by atoms with E-state index in [1.165, 1.54) is 17.7 Å². The topological polar surface area (TPSA) is 32.3 Å². The molecule has 1 heterocycles. The first-order valence-electron chi connectivity index (χ1n) is 8.65. The van der Waals surface area contributed by atoms with E-state index < -0.39 is 5.82 Å². The predicted octanol–water partition coefficient (Wildman–Crippen LogP) is 4.98. The standard InChI is InChI=1S/C20H19Cl2FN2O/c21-15-3-1-13(2-4-15)10-25-11-20(12-25)8-14(9-20)19(26)24-18-6-16(22)5-17(23)7-18/h1-7,14H,8-12H2,(H,24,26). The summed E-state index contributed by atoms with van der Waals surface area (Å²) in [5, 5.41) is 3.81. The molecule has 2 fully saturated rings. The molecule has 26 heavy (non-hydrogen) atoms. The summed E-state index contributed by atoms with van der Waals surface area (Å²) < 4.78 is 13.4. The second-order valence-electron chi connectivity index (χ2n) is 7.52. The van der Waals surface area contributed by atoms with E-state index in [1.807, 2.05) is 12.1 Å². The monoisotopic (exact) mass is 392 g/mol. The lowest BCUT2D eigenvalue weighted by Crippen LogP contribution is -2.63. The Balaban J connectivity index is 1.25. The highest BCUT2D eigenvalue weighted by Crippen LogP contribution is 2.52. The molecule has 136 valence electrons. The molecular formula is C20H19Cl2FN2O. The van der Waals surface area contributed by atoms with Gasteiger partial charge in [-0.15, -0.1) is 0 Å². The van der Waals surface area contributed by atoms with Crippen molar-refractivity contribution in [1.82, 2.24) is 4.90 Å². The number of benzene rings is 2. The number of anilines is 1. The molecule has 1 N–H and O–H groups in total. The van der Waals surface area contributed by atoms with Crippen LogP contribution in [0.4, 0.5) is 10.1 Å². The zero-order chi connectivity index (χ0) is 18.3. The van der Waals surface area contributed by atoms with Crippen LogP contribution in [0.3, 0.4) is 0 Å². The fourth-order valence-corrected chi connectivity index (χ4v) is 4.51. The Bertz CT molecular complexity index is 806. The average molecular weight is 393 g/mol. The van der Waals surface area contributed by atoms with Crippen LogP contribution in [-0.2, 0) is 11.3 Å². The minimum Gasteiger partial charge on any atom is -0.326 e. The van der Waals surface area contributed by atoms with Gasteiger partial charge in [0, 0.05) is 41.3 Å². The molecule has 1 saturated heterocycles. The molecule has 3 nitrogen and oxygen atoms in total. The van der Waals surface area contributed by atoms with Crippen molar-refractivity contribution in [1.29, 1.82) is 0 Å². The van der Waals surface area contributed by atoms with E-state index in [4.69, 9.17) is 23.2 Å². The maximum atomic E-state index is 13.4. The Kier molecular flexibility index (Phi) is 4.68. The third-order valence-corrected chi connectivity index (χ3v) is 5.77. The van der Waals surface area contributed by atoms with Gasteiger partial charge in [-0.3, -0.25) is 9.69 Å². The molecule has 0 aromatic heterocycles. The summed E-state index contributed by atoms with van der Waals surface area (Å²) in [6.07, 6.45) is 1.78. The van der Waals surface area contributed by atoms with Crippen LogP contribution in [0, 0.1) is 17.2 Å². The van der Waals surface area contributed by atoms with Crippen molar-refractivity contribution in [3.8, 4) is 0 Å². The molecule has 0 radical (unpaired) electrons. The largest absolute Gasteiger partial charge is 0.326 e. The van der Waals surface area contributed by atoms with Crippen molar-refractivity contribution in [3.63, 3.8) is 0 Å². The number of rotatable bonds is 4. The number of carbonyl (C=O) groups is 1. The maximum Gasteiger partial charge on any atom is 0.227 e. The lowest BCUT2D eigenvalue weighted by atomic mass is 9.57. The highest BCUT2D eigenvalue weighted by Gasteiger charge is 2.54. The van der Waals surface area contributed by atoms with Crippen molar-refractivity contribution < 1.29 is 9.18 Å².